The number of allylic oxidation sites excluding steroid dienone is 2. The van der Waals surface area contributed by atoms with Crippen molar-refractivity contribution in [1.82, 2.24) is 0 Å². The predicted molar refractivity (Wildman–Crippen MR) is 140 cm³/mol. The number of aryl methyl sites for hydroxylation is 5. The topological polar surface area (TPSA) is 58.2 Å². The summed E-state index contributed by atoms with van der Waals surface area (Å²) in [5.41, 5.74) is 9.98. The maximum absolute atomic E-state index is 13.3. The predicted octanol–water partition coefficient (Wildman–Crippen LogP) is 6.86. The third-order valence-electron chi connectivity index (χ3n) is 7.17. The van der Waals surface area contributed by atoms with Crippen molar-refractivity contribution in [1.29, 1.82) is 0 Å². The number of hydrogen-bond donors (Lipinski definition) is 2. The molecule has 0 bridgehead atoms. The van der Waals surface area contributed by atoms with Gasteiger partial charge < -0.3 is 5.32 Å². The number of hydrogen-bond acceptors (Lipinski definition) is 3. The van der Waals surface area contributed by atoms with E-state index in [1.165, 1.54) is 22.3 Å². The van der Waals surface area contributed by atoms with Gasteiger partial charge >= 0.3 is 0 Å². The highest BCUT2D eigenvalue weighted by molar-refractivity contribution is 7.92. The SMILES string of the molecule is Cc1cc(C)cc(NS(=O)(=O)c2ccc3c(c2)C2C=CCC2C(c2c(C)cc(C)cc2C)N3)c1. The number of fused-ring (bicyclic) bond motifs is 3. The van der Waals surface area contributed by atoms with Crippen LogP contribution < -0.4 is 10.0 Å². The molecule has 0 saturated heterocycles. The van der Waals surface area contributed by atoms with Crippen LogP contribution in [0.3, 0.4) is 0 Å². The molecule has 0 aromatic heterocycles. The standard InChI is InChI=1S/C29H32N2O2S/c1-17-11-18(2)15-22(14-17)31-34(32,33)23-9-10-27-26(16-23)24-7-6-8-25(24)29(30-27)28-20(4)12-19(3)13-21(28)5/h6-7,9-16,24-25,29-31H,8H2,1-5H3. The average Bonchev–Trinajstić information content (AvgIpc) is 3.22. The minimum Gasteiger partial charge on any atom is -0.378 e. The van der Waals surface area contributed by atoms with E-state index in [4.69, 9.17) is 0 Å². The Balaban J connectivity index is 1.52. The molecule has 2 N–H and O–H groups in total. The van der Waals surface area contributed by atoms with Gasteiger partial charge in [-0.05, 0) is 111 Å². The van der Waals surface area contributed by atoms with E-state index in [1.807, 2.05) is 44.2 Å². The van der Waals surface area contributed by atoms with Crippen LogP contribution in [0.25, 0.3) is 0 Å². The molecule has 0 amide bonds. The first kappa shape index (κ1) is 22.7. The van der Waals surface area contributed by atoms with Crippen LogP contribution in [0, 0.1) is 40.5 Å². The summed E-state index contributed by atoms with van der Waals surface area (Å²) in [6.07, 6.45) is 5.48. The van der Waals surface area contributed by atoms with Crippen molar-refractivity contribution < 1.29 is 8.42 Å². The highest BCUT2D eigenvalue weighted by atomic mass is 32.2. The van der Waals surface area contributed by atoms with Crippen LogP contribution in [-0.4, -0.2) is 8.42 Å². The van der Waals surface area contributed by atoms with Gasteiger partial charge in [-0.3, -0.25) is 4.72 Å². The molecule has 0 radical (unpaired) electrons. The summed E-state index contributed by atoms with van der Waals surface area (Å²) in [7, 11) is -3.69. The maximum atomic E-state index is 13.3. The van der Waals surface area contributed by atoms with Gasteiger partial charge in [0.2, 0.25) is 0 Å². The van der Waals surface area contributed by atoms with Gasteiger partial charge in [-0.15, -0.1) is 0 Å². The van der Waals surface area contributed by atoms with E-state index in [9.17, 15) is 8.42 Å². The Kier molecular flexibility index (Phi) is 5.56. The van der Waals surface area contributed by atoms with Gasteiger partial charge in [-0.2, -0.15) is 0 Å². The van der Waals surface area contributed by atoms with E-state index < -0.39 is 10.0 Å². The van der Waals surface area contributed by atoms with Crippen molar-refractivity contribution in [3.8, 4) is 0 Å². The van der Waals surface area contributed by atoms with Gasteiger partial charge in [-0.1, -0.05) is 35.9 Å². The Hall–Kier alpha value is -3.05. The third-order valence-corrected chi connectivity index (χ3v) is 8.55. The Morgan fingerprint density at radius 1 is 0.853 bits per heavy atom. The molecular formula is C29H32N2O2S. The number of rotatable bonds is 4. The first-order valence-corrected chi connectivity index (χ1v) is 13.4. The van der Waals surface area contributed by atoms with Crippen LogP contribution in [-0.2, 0) is 10.0 Å². The van der Waals surface area contributed by atoms with Crippen molar-refractivity contribution in [2.24, 2.45) is 5.92 Å². The van der Waals surface area contributed by atoms with E-state index in [0.29, 0.717) is 16.5 Å². The number of sulfonamides is 1. The van der Waals surface area contributed by atoms with Crippen molar-refractivity contribution in [2.45, 2.75) is 57.9 Å². The molecule has 0 fully saturated rings. The summed E-state index contributed by atoms with van der Waals surface area (Å²) in [6, 6.07) is 15.9. The molecule has 2 aliphatic rings. The Morgan fingerprint density at radius 2 is 1.50 bits per heavy atom. The second-order valence-electron chi connectivity index (χ2n) is 10.0. The van der Waals surface area contributed by atoms with Crippen molar-refractivity contribution in [3.05, 3.63) is 99.6 Å². The average molecular weight is 473 g/mol. The third kappa shape index (κ3) is 4.03. The summed E-state index contributed by atoms with van der Waals surface area (Å²) >= 11 is 0. The highest BCUT2D eigenvalue weighted by Crippen LogP contribution is 2.51. The first-order valence-electron chi connectivity index (χ1n) is 11.9. The molecule has 34 heavy (non-hydrogen) atoms. The molecule has 3 atom stereocenters. The van der Waals surface area contributed by atoms with E-state index in [2.05, 4.69) is 55.1 Å². The lowest BCUT2D eigenvalue weighted by molar-refractivity contribution is 0.422. The molecule has 4 nitrogen and oxygen atoms in total. The van der Waals surface area contributed by atoms with Crippen LogP contribution >= 0.6 is 0 Å². The second-order valence-corrected chi connectivity index (χ2v) is 11.7. The molecule has 1 heterocycles. The zero-order chi connectivity index (χ0) is 24.2. The molecule has 0 spiro atoms. The van der Waals surface area contributed by atoms with Gasteiger partial charge in [0.25, 0.3) is 10.0 Å². The van der Waals surface area contributed by atoms with Gasteiger partial charge in [0.1, 0.15) is 0 Å². The van der Waals surface area contributed by atoms with E-state index in [0.717, 1.165) is 28.8 Å². The van der Waals surface area contributed by atoms with Crippen LogP contribution in [0.5, 0.6) is 0 Å². The molecule has 3 aromatic rings. The zero-order valence-electron chi connectivity index (χ0n) is 20.4. The van der Waals surface area contributed by atoms with Gasteiger partial charge in [0.15, 0.2) is 0 Å². The van der Waals surface area contributed by atoms with Crippen LogP contribution in [0.4, 0.5) is 11.4 Å². The van der Waals surface area contributed by atoms with Crippen molar-refractivity contribution in [2.75, 3.05) is 10.0 Å². The zero-order valence-corrected chi connectivity index (χ0v) is 21.3. The molecule has 176 valence electrons. The highest BCUT2D eigenvalue weighted by Gasteiger charge is 2.39. The quantitative estimate of drug-likeness (QED) is 0.408. The molecule has 1 aliphatic heterocycles. The van der Waals surface area contributed by atoms with Crippen LogP contribution in [0.1, 0.15) is 57.3 Å². The van der Waals surface area contributed by atoms with E-state index >= 15 is 0 Å². The molecule has 3 unspecified atom stereocenters. The van der Waals surface area contributed by atoms with Gasteiger partial charge in [-0.25, -0.2) is 8.42 Å². The largest absolute Gasteiger partial charge is 0.378 e. The van der Waals surface area contributed by atoms with Gasteiger partial charge in [0, 0.05) is 17.3 Å². The van der Waals surface area contributed by atoms with E-state index in [1.54, 1.807) is 6.07 Å². The monoisotopic (exact) mass is 472 g/mol. The van der Waals surface area contributed by atoms with E-state index in [-0.39, 0.29) is 12.0 Å². The smallest absolute Gasteiger partial charge is 0.261 e. The number of benzene rings is 3. The fourth-order valence-electron chi connectivity index (χ4n) is 5.95. The lowest BCUT2D eigenvalue weighted by Crippen LogP contribution is -2.30. The summed E-state index contributed by atoms with van der Waals surface area (Å²) < 4.78 is 29.3. The Labute approximate surface area is 203 Å². The summed E-state index contributed by atoms with van der Waals surface area (Å²) in [6.45, 7) is 10.5. The van der Waals surface area contributed by atoms with Gasteiger partial charge in [0.05, 0.1) is 10.9 Å². The molecule has 1 aliphatic carbocycles. The van der Waals surface area contributed by atoms with Crippen LogP contribution in [0.15, 0.2) is 65.6 Å². The van der Waals surface area contributed by atoms with Crippen molar-refractivity contribution >= 4 is 21.4 Å². The number of nitrogens with one attached hydrogen (secondary N) is 2. The lowest BCUT2D eigenvalue weighted by Gasteiger charge is -2.39. The second kappa shape index (κ2) is 8.31. The normalized spacial score (nSPS) is 21.0. The fraction of sp³-hybridized carbons (Fsp3) is 0.310. The molecule has 0 saturated carbocycles. The van der Waals surface area contributed by atoms with Crippen LogP contribution in [0.2, 0.25) is 0 Å². The maximum Gasteiger partial charge on any atom is 0.261 e. The Morgan fingerprint density at radius 3 is 2.18 bits per heavy atom. The minimum absolute atomic E-state index is 0.192. The lowest BCUT2D eigenvalue weighted by atomic mass is 9.75. The summed E-state index contributed by atoms with van der Waals surface area (Å²) in [5.74, 6) is 0.552. The minimum atomic E-state index is -3.69. The molecule has 5 heteroatoms. The molecular weight excluding hydrogens is 440 g/mol. The fourth-order valence-corrected chi connectivity index (χ4v) is 7.03. The Bertz CT molecular complexity index is 1380. The first-order chi connectivity index (χ1) is 16.1. The van der Waals surface area contributed by atoms with Crippen molar-refractivity contribution in [3.63, 3.8) is 0 Å². The molecule has 3 aromatic carbocycles. The summed E-state index contributed by atoms with van der Waals surface area (Å²) in [4.78, 5) is 0.299. The number of anilines is 2. The summed E-state index contributed by atoms with van der Waals surface area (Å²) in [5, 5.41) is 3.77. The molecule has 5 rings (SSSR count).